The van der Waals surface area contributed by atoms with E-state index in [0.717, 1.165) is 22.6 Å². The summed E-state index contributed by atoms with van der Waals surface area (Å²) in [5.74, 6) is 0.674. The van der Waals surface area contributed by atoms with Gasteiger partial charge in [0.2, 0.25) is 5.91 Å². The van der Waals surface area contributed by atoms with E-state index in [1.165, 1.54) is 0 Å². The first-order chi connectivity index (χ1) is 12.7. The smallest absolute Gasteiger partial charge is 0.225 e. The summed E-state index contributed by atoms with van der Waals surface area (Å²) in [6, 6.07) is 15.0. The number of aldehydes is 1. The van der Waals surface area contributed by atoms with Crippen LogP contribution in [0.3, 0.4) is 0 Å². The van der Waals surface area contributed by atoms with E-state index >= 15 is 0 Å². The Hall–Kier alpha value is -3.54. The molecule has 1 amide bonds. The average Bonchev–Trinajstić information content (AvgIpc) is 3.06. The van der Waals surface area contributed by atoms with Crippen LogP contribution in [0, 0.1) is 0 Å². The number of hydrogen-bond donors (Lipinski definition) is 2. The second-order valence-electron chi connectivity index (χ2n) is 5.89. The van der Waals surface area contributed by atoms with E-state index in [2.05, 4.69) is 20.3 Å². The molecule has 4 rings (SSSR count). The topological polar surface area (TPSA) is 87.7 Å². The number of H-pyrrole nitrogens is 1. The maximum atomic E-state index is 11.9. The lowest BCUT2D eigenvalue weighted by atomic mass is 10.1. The zero-order valence-electron chi connectivity index (χ0n) is 14.1. The van der Waals surface area contributed by atoms with Gasteiger partial charge < -0.3 is 10.3 Å². The van der Waals surface area contributed by atoms with Gasteiger partial charge in [-0.15, -0.1) is 0 Å². The lowest BCUT2D eigenvalue weighted by Gasteiger charge is -2.09. The van der Waals surface area contributed by atoms with Gasteiger partial charge in [-0.1, -0.05) is 37.3 Å². The zero-order chi connectivity index (χ0) is 18.1. The highest BCUT2D eigenvalue weighted by atomic mass is 16.1. The van der Waals surface area contributed by atoms with Crippen molar-refractivity contribution in [2.45, 2.75) is 13.3 Å². The fraction of sp³-hybridized carbons (Fsp3) is 0.100. The van der Waals surface area contributed by atoms with Gasteiger partial charge in [0.1, 0.15) is 5.82 Å². The maximum absolute atomic E-state index is 11.9. The summed E-state index contributed by atoms with van der Waals surface area (Å²) < 4.78 is 0. The molecule has 0 radical (unpaired) electrons. The van der Waals surface area contributed by atoms with Crippen LogP contribution >= 0.6 is 0 Å². The van der Waals surface area contributed by atoms with Crippen LogP contribution in [0.25, 0.3) is 33.3 Å². The first-order valence-electron chi connectivity index (χ1n) is 8.34. The third kappa shape index (κ3) is 2.61. The molecule has 26 heavy (non-hydrogen) atoms. The molecular weight excluding hydrogens is 328 g/mol. The molecule has 0 aliphatic rings. The first kappa shape index (κ1) is 16.0. The summed E-state index contributed by atoms with van der Waals surface area (Å²) >= 11 is 0. The molecule has 4 aromatic rings. The molecule has 6 nitrogen and oxygen atoms in total. The van der Waals surface area contributed by atoms with Gasteiger partial charge in [0, 0.05) is 22.7 Å². The summed E-state index contributed by atoms with van der Waals surface area (Å²) in [5, 5.41) is 4.39. The third-order valence-corrected chi connectivity index (χ3v) is 4.27. The number of benzene rings is 2. The van der Waals surface area contributed by atoms with E-state index in [1.807, 2.05) is 48.5 Å². The van der Waals surface area contributed by atoms with Crippen LogP contribution in [-0.2, 0) is 4.79 Å². The number of fused-ring (bicyclic) bond motifs is 2. The predicted molar refractivity (Wildman–Crippen MR) is 101 cm³/mol. The summed E-state index contributed by atoms with van der Waals surface area (Å²) in [4.78, 5) is 35.9. The van der Waals surface area contributed by atoms with Gasteiger partial charge in [0.25, 0.3) is 0 Å². The Bertz CT molecular complexity index is 1150. The summed E-state index contributed by atoms with van der Waals surface area (Å²) in [6.45, 7) is 1.78. The largest absolute Gasteiger partial charge is 0.351 e. The Morgan fingerprint density at radius 1 is 1.08 bits per heavy atom. The average molecular weight is 344 g/mol. The summed E-state index contributed by atoms with van der Waals surface area (Å²) in [5.41, 5.74) is 2.57. The zero-order valence-corrected chi connectivity index (χ0v) is 14.1. The van der Waals surface area contributed by atoms with Gasteiger partial charge in [-0.2, -0.15) is 0 Å². The molecule has 2 N–H and O–H groups in total. The maximum Gasteiger partial charge on any atom is 0.225 e. The van der Waals surface area contributed by atoms with Crippen LogP contribution in [0.4, 0.5) is 5.82 Å². The van der Waals surface area contributed by atoms with Crippen LogP contribution in [0.5, 0.6) is 0 Å². The predicted octanol–water partition coefficient (Wildman–Crippen LogP) is 3.94. The standard InChI is InChI=1S/C20H16N4O2/c1-2-17(26)23-19-13-8-4-6-10-16(13)22-20(24-19)18-14(11-25)12-7-3-5-9-15(12)21-18/h3-11,21H,2H2,1H3,(H,22,23,24,26). The van der Waals surface area contributed by atoms with Crippen LogP contribution in [0.2, 0.25) is 0 Å². The first-order valence-corrected chi connectivity index (χ1v) is 8.34. The van der Waals surface area contributed by atoms with Crippen molar-refractivity contribution < 1.29 is 9.59 Å². The Morgan fingerprint density at radius 2 is 1.81 bits per heavy atom. The van der Waals surface area contributed by atoms with Gasteiger partial charge in [-0.05, 0) is 18.2 Å². The van der Waals surface area contributed by atoms with Crippen molar-refractivity contribution in [1.29, 1.82) is 0 Å². The van der Waals surface area contributed by atoms with E-state index < -0.39 is 0 Å². The Morgan fingerprint density at radius 3 is 2.58 bits per heavy atom. The van der Waals surface area contributed by atoms with E-state index in [0.29, 0.717) is 34.8 Å². The Labute approximate surface area is 149 Å². The van der Waals surface area contributed by atoms with Crippen molar-refractivity contribution in [3.8, 4) is 11.5 Å². The second-order valence-corrected chi connectivity index (χ2v) is 5.89. The molecule has 0 spiro atoms. The molecule has 2 heterocycles. The summed E-state index contributed by atoms with van der Waals surface area (Å²) in [7, 11) is 0. The molecule has 128 valence electrons. The molecule has 2 aromatic carbocycles. The summed E-state index contributed by atoms with van der Waals surface area (Å²) in [6.07, 6.45) is 1.15. The van der Waals surface area contributed by atoms with Crippen molar-refractivity contribution >= 4 is 39.8 Å². The van der Waals surface area contributed by atoms with Gasteiger partial charge in [-0.3, -0.25) is 9.59 Å². The van der Waals surface area contributed by atoms with E-state index in [4.69, 9.17) is 0 Å². The van der Waals surface area contributed by atoms with Crippen molar-refractivity contribution in [3.05, 3.63) is 54.1 Å². The number of rotatable bonds is 4. The second kappa shape index (κ2) is 6.40. The number of aromatic nitrogens is 3. The highest BCUT2D eigenvalue weighted by molar-refractivity contribution is 6.05. The van der Waals surface area contributed by atoms with Crippen molar-refractivity contribution in [3.63, 3.8) is 0 Å². The monoisotopic (exact) mass is 344 g/mol. The highest BCUT2D eigenvalue weighted by Crippen LogP contribution is 2.30. The number of para-hydroxylation sites is 2. The SMILES string of the molecule is CCC(=O)Nc1nc(-c2[nH]c3ccccc3c2C=O)nc2ccccc12. The lowest BCUT2D eigenvalue weighted by molar-refractivity contribution is -0.115. The molecule has 0 atom stereocenters. The molecule has 0 saturated carbocycles. The number of carbonyl (C=O) groups is 2. The van der Waals surface area contributed by atoms with Gasteiger partial charge in [0.05, 0.1) is 16.8 Å². The molecule has 0 bridgehead atoms. The molecular formula is C20H16N4O2. The number of aromatic amines is 1. The van der Waals surface area contributed by atoms with Crippen molar-refractivity contribution in [1.82, 2.24) is 15.0 Å². The molecule has 0 aliphatic heterocycles. The number of amides is 1. The van der Waals surface area contributed by atoms with E-state index in [-0.39, 0.29) is 5.91 Å². The molecule has 0 saturated heterocycles. The fourth-order valence-corrected chi connectivity index (χ4v) is 2.97. The fourth-order valence-electron chi connectivity index (χ4n) is 2.97. The van der Waals surface area contributed by atoms with E-state index in [9.17, 15) is 9.59 Å². The third-order valence-electron chi connectivity index (χ3n) is 4.27. The lowest BCUT2D eigenvalue weighted by Crippen LogP contribution is -2.12. The number of anilines is 1. The molecule has 2 aromatic heterocycles. The molecule has 0 aliphatic carbocycles. The van der Waals surface area contributed by atoms with Crippen LogP contribution in [0.15, 0.2) is 48.5 Å². The normalized spacial score (nSPS) is 11.0. The number of carbonyl (C=O) groups excluding carboxylic acids is 2. The number of hydrogen-bond acceptors (Lipinski definition) is 4. The van der Waals surface area contributed by atoms with Gasteiger partial charge in [0.15, 0.2) is 12.1 Å². The minimum Gasteiger partial charge on any atom is -0.351 e. The van der Waals surface area contributed by atoms with Crippen molar-refractivity contribution in [2.24, 2.45) is 0 Å². The van der Waals surface area contributed by atoms with Gasteiger partial charge in [-0.25, -0.2) is 9.97 Å². The Kier molecular flexibility index (Phi) is 3.93. The van der Waals surface area contributed by atoms with Crippen LogP contribution in [0.1, 0.15) is 23.7 Å². The minimum atomic E-state index is -0.132. The van der Waals surface area contributed by atoms with Crippen LogP contribution in [-0.4, -0.2) is 27.1 Å². The van der Waals surface area contributed by atoms with Gasteiger partial charge >= 0.3 is 0 Å². The Balaban J connectivity index is 1.97. The van der Waals surface area contributed by atoms with Crippen LogP contribution < -0.4 is 5.32 Å². The minimum absolute atomic E-state index is 0.132. The van der Waals surface area contributed by atoms with Crippen molar-refractivity contribution in [2.75, 3.05) is 5.32 Å². The highest BCUT2D eigenvalue weighted by Gasteiger charge is 2.17. The molecule has 6 heteroatoms. The quantitative estimate of drug-likeness (QED) is 0.549. The molecule has 0 unspecified atom stereocenters. The molecule has 0 fully saturated rings. The number of nitrogens with one attached hydrogen (secondary N) is 2. The number of nitrogens with zero attached hydrogens (tertiary/aromatic N) is 2. The van der Waals surface area contributed by atoms with E-state index in [1.54, 1.807) is 6.92 Å².